The average molecular weight is 253 g/mol. The van der Waals surface area contributed by atoms with Gasteiger partial charge in [0.1, 0.15) is 0 Å². The first-order valence-corrected chi connectivity index (χ1v) is 6.95. The highest BCUT2D eigenvalue weighted by atomic mass is 16.1. The molecule has 4 nitrogen and oxygen atoms in total. The van der Waals surface area contributed by atoms with E-state index in [0.717, 1.165) is 38.8 Å². The van der Waals surface area contributed by atoms with Gasteiger partial charge in [0.15, 0.2) is 0 Å². The predicted molar refractivity (Wildman–Crippen MR) is 75.6 cm³/mol. The zero-order valence-corrected chi connectivity index (χ0v) is 11.7. The molecule has 1 heterocycles. The Hall–Kier alpha value is -0.870. The van der Waals surface area contributed by atoms with Crippen LogP contribution in [0.15, 0.2) is 12.7 Å². The maximum Gasteiger partial charge on any atom is 0.233 e. The van der Waals surface area contributed by atoms with Crippen molar-refractivity contribution in [3.63, 3.8) is 0 Å². The molecule has 0 spiro atoms. The van der Waals surface area contributed by atoms with Gasteiger partial charge in [-0.05, 0) is 32.6 Å². The molecule has 1 atom stereocenters. The fraction of sp³-hybridized carbons (Fsp3) is 0.786. The van der Waals surface area contributed by atoms with Crippen LogP contribution in [0, 0.1) is 0 Å². The number of carbonyl (C=O) groups is 1. The molecule has 1 fully saturated rings. The highest BCUT2D eigenvalue weighted by Gasteiger charge is 2.21. The van der Waals surface area contributed by atoms with Crippen LogP contribution >= 0.6 is 0 Å². The second kappa shape index (κ2) is 8.27. The van der Waals surface area contributed by atoms with Crippen molar-refractivity contribution >= 4 is 5.91 Å². The van der Waals surface area contributed by atoms with Crippen molar-refractivity contribution in [1.29, 1.82) is 0 Å². The van der Waals surface area contributed by atoms with E-state index in [0.29, 0.717) is 18.6 Å². The van der Waals surface area contributed by atoms with E-state index in [2.05, 4.69) is 29.0 Å². The fourth-order valence-corrected chi connectivity index (χ4v) is 2.39. The number of rotatable bonds is 7. The average Bonchev–Trinajstić information content (AvgIpc) is 2.38. The normalized spacial score (nSPS) is 19.4. The van der Waals surface area contributed by atoms with E-state index in [1.165, 1.54) is 0 Å². The van der Waals surface area contributed by atoms with Crippen molar-refractivity contribution in [2.45, 2.75) is 44.7 Å². The van der Waals surface area contributed by atoms with Crippen molar-refractivity contribution in [3.05, 3.63) is 12.7 Å². The summed E-state index contributed by atoms with van der Waals surface area (Å²) in [5.74, 6) is 0.112. The van der Waals surface area contributed by atoms with Crippen molar-refractivity contribution < 1.29 is 4.79 Å². The monoisotopic (exact) mass is 253 g/mol. The number of nitrogens with zero attached hydrogens (tertiary/aromatic N) is 1. The SMILES string of the molecule is C=CCCC(C)NC1CCN(CC(=O)NC)CC1. The van der Waals surface area contributed by atoms with Gasteiger partial charge in [-0.3, -0.25) is 9.69 Å². The third-order valence-corrected chi connectivity index (χ3v) is 3.56. The molecule has 1 aliphatic rings. The van der Waals surface area contributed by atoms with E-state index >= 15 is 0 Å². The quantitative estimate of drug-likeness (QED) is 0.669. The number of allylic oxidation sites excluding steroid dienone is 1. The van der Waals surface area contributed by atoms with Crippen LogP contribution in [-0.4, -0.2) is 49.6 Å². The zero-order chi connectivity index (χ0) is 13.4. The Balaban J connectivity index is 2.18. The molecule has 4 heteroatoms. The molecular weight excluding hydrogens is 226 g/mol. The van der Waals surface area contributed by atoms with E-state index in [-0.39, 0.29) is 5.91 Å². The number of hydrogen-bond donors (Lipinski definition) is 2. The summed E-state index contributed by atoms with van der Waals surface area (Å²) in [5, 5.41) is 6.34. The standard InChI is InChI=1S/C14H27N3O/c1-4-5-6-12(2)16-13-7-9-17(10-8-13)11-14(18)15-3/h4,12-13,16H,1,5-11H2,2-3H3,(H,15,18). The first-order valence-electron chi connectivity index (χ1n) is 6.95. The van der Waals surface area contributed by atoms with Crippen molar-refractivity contribution in [2.24, 2.45) is 0 Å². The van der Waals surface area contributed by atoms with E-state index < -0.39 is 0 Å². The van der Waals surface area contributed by atoms with Crippen LogP contribution in [0.1, 0.15) is 32.6 Å². The molecule has 0 aromatic heterocycles. The molecule has 2 N–H and O–H groups in total. The Morgan fingerprint density at radius 2 is 2.17 bits per heavy atom. The molecule has 1 saturated heterocycles. The van der Waals surface area contributed by atoms with Crippen LogP contribution in [0.3, 0.4) is 0 Å². The van der Waals surface area contributed by atoms with Gasteiger partial charge < -0.3 is 10.6 Å². The topological polar surface area (TPSA) is 44.4 Å². The predicted octanol–water partition coefficient (Wildman–Crippen LogP) is 1.14. The molecule has 0 saturated carbocycles. The molecule has 1 aliphatic heterocycles. The summed E-state index contributed by atoms with van der Waals surface area (Å²) >= 11 is 0. The molecule has 1 rings (SSSR count). The van der Waals surface area contributed by atoms with Crippen LogP contribution < -0.4 is 10.6 Å². The van der Waals surface area contributed by atoms with E-state index in [1.807, 2.05) is 6.08 Å². The molecule has 0 bridgehead atoms. The minimum Gasteiger partial charge on any atom is -0.358 e. The molecule has 104 valence electrons. The maximum atomic E-state index is 11.3. The molecule has 1 unspecified atom stereocenters. The van der Waals surface area contributed by atoms with Crippen LogP contribution in [-0.2, 0) is 4.79 Å². The Labute approximate surface area is 111 Å². The molecule has 18 heavy (non-hydrogen) atoms. The fourth-order valence-electron chi connectivity index (χ4n) is 2.39. The van der Waals surface area contributed by atoms with Crippen molar-refractivity contribution in [1.82, 2.24) is 15.5 Å². The van der Waals surface area contributed by atoms with E-state index in [9.17, 15) is 4.79 Å². The smallest absolute Gasteiger partial charge is 0.233 e. The largest absolute Gasteiger partial charge is 0.358 e. The third-order valence-electron chi connectivity index (χ3n) is 3.56. The van der Waals surface area contributed by atoms with Crippen LogP contribution in [0.4, 0.5) is 0 Å². The molecule has 0 aromatic carbocycles. The molecular formula is C14H27N3O. The number of nitrogens with one attached hydrogen (secondary N) is 2. The summed E-state index contributed by atoms with van der Waals surface area (Å²) in [6.45, 7) is 8.55. The number of amides is 1. The minimum absolute atomic E-state index is 0.112. The summed E-state index contributed by atoms with van der Waals surface area (Å²) < 4.78 is 0. The lowest BCUT2D eigenvalue weighted by molar-refractivity contribution is -0.122. The van der Waals surface area contributed by atoms with Gasteiger partial charge >= 0.3 is 0 Å². The van der Waals surface area contributed by atoms with Gasteiger partial charge in [0.05, 0.1) is 6.54 Å². The third kappa shape index (κ3) is 5.65. The molecule has 0 aliphatic carbocycles. The van der Waals surface area contributed by atoms with Crippen LogP contribution in [0.2, 0.25) is 0 Å². The summed E-state index contributed by atoms with van der Waals surface area (Å²) in [7, 11) is 1.69. The van der Waals surface area contributed by atoms with Gasteiger partial charge in [-0.25, -0.2) is 0 Å². The molecule has 0 radical (unpaired) electrons. The van der Waals surface area contributed by atoms with Crippen LogP contribution in [0.5, 0.6) is 0 Å². The van der Waals surface area contributed by atoms with Gasteiger partial charge in [0, 0.05) is 32.2 Å². The zero-order valence-electron chi connectivity index (χ0n) is 11.7. The highest BCUT2D eigenvalue weighted by Crippen LogP contribution is 2.11. The van der Waals surface area contributed by atoms with Gasteiger partial charge in [0.2, 0.25) is 5.91 Å². The number of carbonyl (C=O) groups excluding carboxylic acids is 1. The Morgan fingerprint density at radius 3 is 2.72 bits per heavy atom. The van der Waals surface area contributed by atoms with Gasteiger partial charge in [-0.1, -0.05) is 6.08 Å². The number of hydrogen-bond acceptors (Lipinski definition) is 3. The first kappa shape index (κ1) is 15.2. The highest BCUT2D eigenvalue weighted by molar-refractivity contribution is 5.77. The van der Waals surface area contributed by atoms with Gasteiger partial charge in [-0.15, -0.1) is 6.58 Å². The summed E-state index contributed by atoms with van der Waals surface area (Å²) in [6, 6.07) is 1.16. The van der Waals surface area contributed by atoms with Gasteiger partial charge in [-0.2, -0.15) is 0 Å². The molecule has 0 aromatic rings. The lowest BCUT2D eigenvalue weighted by Gasteiger charge is -2.33. The number of piperidine rings is 1. The van der Waals surface area contributed by atoms with Gasteiger partial charge in [0.25, 0.3) is 0 Å². The lowest BCUT2D eigenvalue weighted by atomic mass is 10.0. The number of likely N-dealkylation sites (tertiary alicyclic amines) is 1. The minimum atomic E-state index is 0.112. The summed E-state index contributed by atoms with van der Waals surface area (Å²) in [5.41, 5.74) is 0. The van der Waals surface area contributed by atoms with E-state index in [4.69, 9.17) is 0 Å². The summed E-state index contributed by atoms with van der Waals surface area (Å²) in [6.07, 6.45) is 6.47. The lowest BCUT2D eigenvalue weighted by Crippen LogP contribution is -2.47. The number of likely N-dealkylation sites (N-methyl/N-ethyl adjacent to an activating group) is 1. The van der Waals surface area contributed by atoms with Crippen molar-refractivity contribution in [2.75, 3.05) is 26.7 Å². The molecule has 1 amide bonds. The second-order valence-corrected chi connectivity index (χ2v) is 5.16. The Kier molecular flexibility index (Phi) is 6.98. The second-order valence-electron chi connectivity index (χ2n) is 5.16. The summed E-state index contributed by atoms with van der Waals surface area (Å²) in [4.78, 5) is 13.5. The Morgan fingerprint density at radius 1 is 1.50 bits per heavy atom. The van der Waals surface area contributed by atoms with Crippen LogP contribution in [0.25, 0.3) is 0 Å². The van der Waals surface area contributed by atoms with E-state index in [1.54, 1.807) is 7.05 Å². The first-order chi connectivity index (χ1) is 8.65. The Bertz CT molecular complexity index is 260. The van der Waals surface area contributed by atoms with Crippen molar-refractivity contribution in [3.8, 4) is 0 Å². The maximum absolute atomic E-state index is 11.3.